The lowest BCUT2D eigenvalue weighted by molar-refractivity contribution is -0.111. The Morgan fingerprint density at radius 3 is 2.46 bits per heavy atom. The number of halogens is 2. The molecule has 10 nitrogen and oxygen atoms in total. The van der Waals surface area contributed by atoms with Crippen LogP contribution >= 0.6 is 23.2 Å². The number of carbonyl (C=O) groups is 2. The highest BCUT2D eigenvalue weighted by molar-refractivity contribution is 6.42. The molecule has 0 fully saturated rings. The number of ether oxygens (including phenoxy) is 2. The Bertz CT molecular complexity index is 1450. The van der Waals surface area contributed by atoms with Crippen LogP contribution in [0.3, 0.4) is 0 Å². The summed E-state index contributed by atoms with van der Waals surface area (Å²) in [5.74, 6) is 0.254. The van der Waals surface area contributed by atoms with Crippen molar-refractivity contribution in [3.63, 3.8) is 0 Å². The molecule has 0 saturated heterocycles. The maximum atomic E-state index is 13.3. The van der Waals surface area contributed by atoms with Crippen molar-refractivity contribution in [2.75, 3.05) is 24.9 Å². The van der Waals surface area contributed by atoms with E-state index in [9.17, 15) is 9.59 Å². The number of aryl methyl sites for hydroxylation is 1. The van der Waals surface area contributed by atoms with E-state index in [0.29, 0.717) is 28.3 Å². The molecule has 3 heterocycles. The van der Waals surface area contributed by atoms with Crippen molar-refractivity contribution in [1.82, 2.24) is 14.8 Å². The van der Waals surface area contributed by atoms with Gasteiger partial charge in [-0.2, -0.15) is 5.10 Å². The lowest BCUT2D eigenvalue weighted by atomic mass is 10.1. The first-order valence-corrected chi connectivity index (χ1v) is 10.8. The first-order chi connectivity index (χ1) is 16.7. The molecular weight excluding hydrogens is 497 g/mol. The van der Waals surface area contributed by atoms with Crippen LogP contribution < -0.4 is 20.1 Å². The highest BCUT2D eigenvalue weighted by atomic mass is 35.5. The minimum Gasteiger partial charge on any atom is -0.495 e. The van der Waals surface area contributed by atoms with Gasteiger partial charge in [-0.05, 0) is 12.1 Å². The zero-order valence-electron chi connectivity index (χ0n) is 18.8. The molecule has 0 bridgehead atoms. The normalized spacial score (nSPS) is 10.8. The number of hydrogen-bond acceptors (Lipinski definition) is 8. The predicted octanol–water partition coefficient (Wildman–Crippen LogP) is 4.98. The average Bonchev–Trinajstić information content (AvgIpc) is 3.41. The number of ketones is 1. The van der Waals surface area contributed by atoms with Crippen LogP contribution in [0.4, 0.5) is 17.3 Å². The molecule has 4 aromatic rings. The number of rotatable bonds is 8. The van der Waals surface area contributed by atoms with Crippen molar-refractivity contribution in [2.24, 2.45) is 7.05 Å². The monoisotopic (exact) mass is 515 g/mol. The Balaban J connectivity index is 1.68. The first-order valence-electron chi connectivity index (χ1n) is 10.0. The summed E-state index contributed by atoms with van der Waals surface area (Å²) in [6.45, 7) is 3.44. The van der Waals surface area contributed by atoms with Crippen molar-refractivity contribution in [3.05, 3.63) is 64.6 Å². The molecular formula is C23H19Cl2N5O5. The van der Waals surface area contributed by atoms with Crippen LogP contribution in [0.5, 0.6) is 11.5 Å². The van der Waals surface area contributed by atoms with Crippen LogP contribution in [0.2, 0.25) is 10.0 Å². The minimum absolute atomic E-state index is 0.00479. The van der Waals surface area contributed by atoms with Crippen LogP contribution in [0, 0.1) is 0 Å². The van der Waals surface area contributed by atoms with Gasteiger partial charge in [0.15, 0.2) is 11.6 Å². The van der Waals surface area contributed by atoms with E-state index in [0.717, 1.165) is 6.08 Å². The van der Waals surface area contributed by atoms with Crippen molar-refractivity contribution in [2.45, 2.75) is 0 Å². The minimum atomic E-state index is -0.554. The molecule has 0 aliphatic rings. The maximum absolute atomic E-state index is 13.3. The summed E-state index contributed by atoms with van der Waals surface area (Å²) >= 11 is 12.7. The third-order valence-corrected chi connectivity index (χ3v) is 5.70. The van der Waals surface area contributed by atoms with E-state index in [-0.39, 0.29) is 38.8 Å². The summed E-state index contributed by atoms with van der Waals surface area (Å²) in [4.78, 5) is 29.3. The van der Waals surface area contributed by atoms with Crippen molar-refractivity contribution in [3.8, 4) is 11.5 Å². The molecule has 1 amide bonds. The number of nitrogens with zero attached hydrogens (tertiary/aromatic N) is 3. The summed E-state index contributed by atoms with van der Waals surface area (Å²) < 4.78 is 17.8. The van der Waals surface area contributed by atoms with Crippen LogP contribution in [0.15, 0.2) is 47.7 Å². The lowest BCUT2D eigenvalue weighted by Crippen LogP contribution is -2.08. The zero-order chi connectivity index (χ0) is 25.3. The van der Waals surface area contributed by atoms with E-state index >= 15 is 0 Å². The van der Waals surface area contributed by atoms with E-state index in [1.54, 1.807) is 19.3 Å². The second-order valence-electron chi connectivity index (χ2n) is 7.21. The largest absolute Gasteiger partial charge is 0.495 e. The number of carbonyl (C=O) groups excluding carboxylic acids is 2. The smallest absolute Gasteiger partial charge is 0.247 e. The Kier molecular flexibility index (Phi) is 6.68. The second-order valence-corrected chi connectivity index (χ2v) is 7.97. The van der Waals surface area contributed by atoms with Gasteiger partial charge in [0.1, 0.15) is 28.6 Å². The van der Waals surface area contributed by atoms with Gasteiger partial charge in [0.05, 0.1) is 36.0 Å². The van der Waals surface area contributed by atoms with Gasteiger partial charge >= 0.3 is 0 Å². The van der Waals surface area contributed by atoms with Gasteiger partial charge in [-0.15, -0.1) is 0 Å². The molecule has 0 atom stereocenters. The quantitative estimate of drug-likeness (QED) is 0.249. The van der Waals surface area contributed by atoms with E-state index < -0.39 is 5.78 Å². The Morgan fingerprint density at radius 2 is 1.83 bits per heavy atom. The summed E-state index contributed by atoms with van der Waals surface area (Å²) in [7, 11) is 4.54. The molecule has 35 heavy (non-hydrogen) atoms. The third-order valence-electron chi connectivity index (χ3n) is 4.94. The topological polar surface area (TPSA) is 121 Å². The fourth-order valence-corrected chi connectivity index (χ4v) is 3.97. The highest BCUT2D eigenvalue weighted by Gasteiger charge is 2.26. The number of methoxy groups -OCH3 is 2. The molecule has 0 aliphatic carbocycles. The summed E-state index contributed by atoms with van der Waals surface area (Å²) in [5.41, 5.74) is 0.803. The predicted molar refractivity (Wildman–Crippen MR) is 132 cm³/mol. The van der Waals surface area contributed by atoms with Crippen LogP contribution in [-0.2, 0) is 11.8 Å². The summed E-state index contributed by atoms with van der Waals surface area (Å²) in [6, 6.07) is 4.62. The van der Waals surface area contributed by atoms with Gasteiger partial charge in [0, 0.05) is 30.8 Å². The number of pyridine rings is 1. The maximum Gasteiger partial charge on any atom is 0.247 e. The number of fused-ring (bicyclic) bond motifs is 1. The number of nitrogens with one attached hydrogen (secondary N) is 2. The Hall–Kier alpha value is -4.02. The molecule has 0 spiro atoms. The number of furan rings is 1. The van der Waals surface area contributed by atoms with Gasteiger partial charge in [0.2, 0.25) is 11.7 Å². The van der Waals surface area contributed by atoms with Crippen molar-refractivity contribution in [1.29, 1.82) is 0 Å². The third kappa shape index (κ3) is 4.66. The van der Waals surface area contributed by atoms with E-state index in [1.807, 2.05) is 0 Å². The van der Waals surface area contributed by atoms with Gasteiger partial charge in [-0.1, -0.05) is 29.8 Å². The summed E-state index contributed by atoms with van der Waals surface area (Å²) in [6.07, 6.45) is 4.30. The molecule has 4 rings (SSSR count). The molecule has 0 saturated carbocycles. The first kappa shape index (κ1) is 24.1. The number of aromatic nitrogens is 3. The number of amides is 1. The van der Waals surface area contributed by atoms with Gasteiger partial charge in [0.25, 0.3) is 0 Å². The zero-order valence-corrected chi connectivity index (χ0v) is 20.3. The molecule has 0 aliphatic heterocycles. The highest BCUT2D eigenvalue weighted by Crippen LogP contribution is 2.41. The van der Waals surface area contributed by atoms with Gasteiger partial charge in [-0.25, -0.2) is 4.98 Å². The Labute approximate surface area is 209 Å². The van der Waals surface area contributed by atoms with Crippen molar-refractivity contribution < 1.29 is 23.5 Å². The van der Waals surface area contributed by atoms with Crippen LogP contribution in [0.25, 0.3) is 11.0 Å². The molecule has 0 unspecified atom stereocenters. The number of benzene rings is 1. The molecule has 180 valence electrons. The van der Waals surface area contributed by atoms with Crippen molar-refractivity contribution >= 4 is 63.2 Å². The fourth-order valence-electron chi connectivity index (χ4n) is 3.30. The molecule has 0 radical (unpaired) electrons. The Morgan fingerprint density at radius 1 is 1.14 bits per heavy atom. The molecule has 3 aromatic heterocycles. The molecule has 12 heteroatoms. The van der Waals surface area contributed by atoms with Gasteiger partial charge < -0.3 is 24.5 Å². The van der Waals surface area contributed by atoms with Crippen LogP contribution in [-0.4, -0.2) is 40.7 Å². The molecule has 1 aromatic carbocycles. The number of hydrogen-bond donors (Lipinski definition) is 2. The van der Waals surface area contributed by atoms with E-state index in [2.05, 4.69) is 27.3 Å². The standard InChI is InChI=1S/C23H19Cl2N5O5/c1-5-18(31)27-12-10-30(2)29-23(12)28-17-8-13-11(9-26-17)6-16(35-13)22(32)19-20(24)14(33-3)7-15(34-4)21(19)25/h5-10H,1H2,2-4H3,(H,27,31)(H,26,28,29). The summed E-state index contributed by atoms with van der Waals surface area (Å²) in [5, 5.41) is 10.6. The SMILES string of the molecule is C=CC(=O)Nc1cn(C)nc1Nc1cc2oc(C(=O)c3c(Cl)c(OC)cc(OC)c3Cl)cc2cn1. The van der Waals surface area contributed by atoms with E-state index in [4.69, 9.17) is 37.1 Å². The lowest BCUT2D eigenvalue weighted by Gasteiger charge is -2.12. The van der Waals surface area contributed by atoms with E-state index in [1.165, 1.54) is 37.2 Å². The van der Waals surface area contributed by atoms with Gasteiger partial charge in [-0.3, -0.25) is 14.3 Å². The average molecular weight is 516 g/mol. The number of anilines is 3. The fraction of sp³-hybridized carbons (Fsp3) is 0.130. The van der Waals surface area contributed by atoms with Crippen LogP contribution in [0.1, 0.15) is 16.1 Å². The molecule has 2 N–H and O–H groups in total. The second kappa shape index (κ2) is 9.69.